The van der Waals surface area contributed by atoms with E-state index in [1.807, 2.05) is 0 Å². The number of aromatic nitrogens is 5. The van der Waals surface area contributed by atoms with Gasteiger partial charge in [0.25, 0.3) is 5.91 Å². The molecular weight excluding hydrogens is 575 g/mol. The molecule has 0 radical (unpaired) electrons. The van der Waals surface area contributed by atoms with Crippen LogP contribution in [0.25, 0.3) is 22.7 Å². The number of methoxy groups -OCH3 is 1. The number of ether oxygens (including phenoxy) is 2. The monoisotopic (exact) mass is 601 g/mol. The lowest BCUT2D eigenvalue weighted by Gasteiger charge is -2.27. The lowest BCUT2D eigenvalue weighted by molar-refractivity contribution is -0.119. The van der Waals surface area contributed by atoms with E-state index < -0.39 is 36.3 Å². The minimum Gasteiger partial charge on any atom is -0.465 e. The summed E-state index contributed by atoms with van der Waals surface area (Å²) < 4.78 is 56.6. The van der Waals surface area contributed by atoms with Crippen molar-refractivity contribution < 1.29 is 41.4 Å². The van der Waals surface area contributed by atoms with Crippen LogP contribution in [0.5, 0.6) is 0 Å². The molecule has 4 aromatic heterocycles. The van der Waals surface area contributed by atoms with Gasteiger partial charge >= 0.3 is 18.2 Å². The maximum Gasteiger partial charge on any atom is 0.416 e. The Morgan fingerprint density at radius 3 is 2.53 bits per heavy atom. The summed E-state index contributed by atoms with van der Waals surface area (Å²) in [4.78, 5) is 50.0. The molecule has 43 heavy (non-hydrogen) atoms. The molecule has 0 spiro atoms. The van der Waals surface area contributed by atoms with Crippen LogP contribution in [0.1, 0.15) is 41.6 Å². The first kappa shape index (κ1) is 30.7. The predicted octanol–water partition coefficient (Wildman–Crippen LogP) is 4.87. The first-order valence-electron chi connectivity index (χ1n) is 12.5. The topological polar surface area (TPSA) is 155 Å². The molecule has 0 unspecified atom stereocenters. The van der Waals surface area contributed by atoms with E-state index in [1.165, 1.54) is 69.5 Å². The number of aryl methyl sites for hydroxylation is 1. The van der Waals surface area contributed by atoms with Gasteiger partial charge in [-0.2, -0.15) is 18.3 Å². The summed E-state index contributed by atoms with van der Waals surface area (Å²) in [6.45, 7) is 2.91. The summed E-state index contributed by atoms with van der Waals surface area (Å²) in [6.07, 6.45) is 0.543. The van der Waals surface area contributed by atoms with Gasteiger partial charge in [0.15, 0.2) is 5.69 Å². The maximum atomic E-state index is 13.3. The molecule has 16 heteroatoms. The molecule has 13 nitrogen and oxygen atoms in total. The van der Waals surface area contributed by atoms with Crippen molar-refractivity contribution in [1.82, 2.24) is 24.7 Å². The standard InChI is InChI=1S/C27H26F3N7O6/c1-26(2,3)43-25(40)37(14-27(28,29)30)20-9-15(6-7-32-20)23-34-19(13-42-23)22(38)33-18-12-36(4)35-21(18)16-8-17(11-31-10-16)24(39)41-5/h6-13H,14H2,1-5H3,(H,33,38). The average Bonchev–Trinajstić information content (AvgIpc) is 3.57. The van der Waals surface area contributed by atoms with Crippen LogP contribution in [0.2, 0.25) is 0 Å². The molecule has 0 saturated carbocycles. The number of halogens is 3. The van der Waals surface area contributed by atoms with Gasteiger partial charge in [0.2, 0.25) is 5.89 Å². The number of nitrogens with one attached hydrogen (secondary N) is 1. The molecule has 4 aromatic rings. The number of carbonyl (C=O) groups is 3. The van der Waals surface area contributed by atoms with Gasteiger partial charge < -0.3 is 19.2 Å². The Labute approximate surface area is 242 Å². The molecule has 1 N–H and O–H groups in total. The van der Waals surface area contributed by atoms with Crippen molar-refractivity contribution in [2.24, 2.45) is 7.05 Å². The Bertz CT molecular complexity index is 1660. The van der Waals surface area contributed by atoms with Crippen LogP contribution in [-0.4, -0.2) is 68.1 Å². The van der Waals surface area contributed by atoms with Gasteiger partial charge in [0.1, 0.15) is 29.9 Å². The third-order valence-corrected chi connectivity index (χ3v) is 5.47. The summed E-state index contributed by atoms with van der Waals surface area (Å²) in [6, 6.07) is 4.05. The number of pyridine rings is 2. The van der Waals surface area contributed by atoms with Crippen LogP contribution < -0.4 is 10.2 Å². The van der Waals surface area contributed by atoms with Crippen molar-refractivity contribution in [2.75, 3.05) is 23.9 Å². The summed E-state index contributed by atoms with van der Waals surface area (Å²) in [5.74, 6) is -1.77. The Hall–Kier alpha value is -5.28. The Morgan fingerprint density at radius 1 is 1.12 bits per heavy atom. The highest BCUT2D eigenvalue weighted by Gasteiger charge is 2.36. The van der Waals surface area contributed by atoms with Crippen molar-refractivity contribution in [3.63, 3.8) is 0 Å². The number of hydrogen-bond donors (Lipinski definition) is 1. The fourth-order valence-corrected chi connectivity index (χ4v) is 3.72. The van der Waals surface area contributed by atoms with E-state index in [1.54, 1.807) is 7.05 Å². The van der Waals surface area contributed by atoms with E-state index in [0.29, 0.717) is 16.2 Å². The average molecular weight is 602 g/mol. The first-order valence-corrected chi connectivity index (χ1v) is 12.5. The number of oxazole rings is 1. The molecule has 4 rings (SSSR count). The van der Waals surface area contributed by atoms with Crippen LogP contribution >= 0.6 is 0 Å². The Morgan fingerprint density at radius 2 is 1.86 bits per heavy atom. The van der Waals surface area contributed by atoms with Crippen molar-refractivity contribution in [3.05, 3.63) is 60.5 Å². The van der Waals surface area contributed by atoms with Gasteiger partial charge in [-0.3, -0.25) is 19.4 Å². The maximum absolute atomic E-state index is 13.3. The Balaban J connectivity index is 1.58. The molecule has 0 aliphatic heterocycles. The predicted molar refractivity (Wildman–Crippen MR) is 145 cm³/mol. The highest BCUT2D eigenvalue weighted by atomic mass is 19.4. The number of amides is 2. The summed E-state index contributed by atoms with van der Waals surface area (Å²) >= 11 is 0. The number of alkyl halides is 3. The lowest BCUT2D eigenvalue weighted by atomic mass is 10.1. The van der Waals surface area contributed by atoms with E-state index in [0.717, 1.165) is 12.3 Å². The number of carbonyl (C=O) groups excluding carboxylic acids is 3. The summed E-state index contributed by atoms with van der Waals surface area (Å²) in [5.41, 5.74) is 0.115. The number of rotatable bonds is 7. The highest BCUT2D eigenvalue weighted by Crippen LogP contribution is 2.29. The molecule has 226 valence electrons. The van der Waals surface area contributed by atoms with E-state index >= 15 is 0 Å². The molecule has 0 aliphatic carbocycles. The molecule has 0 aromatic carbocycles. The number of hydrogen-bond acceptors (Lipinski definition) is 10. The van der Waals surface area contributed by atoms with Crippen molar-refractivity contribution in [2.45, 2.75) is 32.5 Å². The van der Waals surface area contributed by atoms with Crippen LogP contribution in [-0.2, 0) is 16.5 Å². The summed E-state index contributed by atoms with van der Waals surface area (Å²) in [5, 5.41) is 7.00. The van der Waals surface area contributed by atoms with Crippen LogP contribution in [0.3, 0.4) is 0 Å². The molecule has 4 heterocycles. The van der Waals surface area contributed by atoms with Crippen molar-refractivity contribution >= 4 is 29.5 Å². The lowest BCUT2D eigenvalue weighted by Crippen LogP contribution is -2.42. The van der Waals surface area contributed by atoms with Gasteiger partial charge in [-0.05, 0) is 39.0 Å². The Kier molecular flexibility index (Phi) is 8.50. The second kappa shape index (κ2) is 11.9. The quantitative estimate of drug-likeness (QED) is 0.290. The van der Waals surface area contributed by atoms with Gasteiger partial charge in [0.05, 0.1) is 18.4 Å². The fourth-order valence-electron chi connectivity index (χ4n) is 3.72. The van der Waals surface area contributed by atoms with E-state index in [-0.39, 0.29) is 34.2 Å². The molecule has 0 saturated heterocycles. The normalized spacial score (nSPS) is 11.6. The highest BCUT2D eigenvalue weighted by molar-refractivity contribution is 6.05. The van der Waals surface area contributed by atoms with Crippen LogP contribution in [0.15, 0.2) is 53.7 Å². The third kappa shape index (κ3) is 7.72. The molecule has 0 bridgehead atoms. The zero-order valence-corrected chi connectivity index (χ0v) is 23.6. The summed E-state index contributed by atoms with van der Waals surface area (Å²) in [7, 11) is 2.87. The van der Waals surface area contributed by atoms with Crippen molar-refractivity contribution in [1.29, 1.82) is 0 Å². The molecule has 0 atom stereocenters. The molecule has 0 fully saturated rings. The second-order valence-electron chi connectivity index (χ2n) is 10.1. The third-order valence-electron chi connectivity index (χ3n) is 5.47. The van der Waals surface area contributed by atoms with E-state index in [4.69, 9.17) is 13.9 Å². The van der Waals surface area contributed by atoms with E-state index in [9.17, 15) is 27.6 Å². The largest absolute Gasteiger partial charge is 0.465 e. The van der Waals surface area contributed by atoms with Gasteiger partial charge in [-0.15, -0.1) is 0 Å². The number of nitrogens with zero attached hydrogens (tertiary/aromatic N) is 6. The van der Waals surface area contributed by atoms with Gasteiger partial charge in [0, 0.05) is 43.0 Å². The fraction of sp³-hybridized carbons (Fsp3) is 0.296. The number of anilines is 2. The van der Waals surface area contributed by atoms with Gasteiger partial charge in [-0.25, -0.2) is 19.6 Å². The second-order valence-corrected chi connectivity index (χ2v) is 10.1. The smallest absolute Gasteiger partial charge is 0.416 e. The zero-order chi connectivity index (χ0) is 31.5. The molecule has 2 amide bonds. The van der Waals surface area contributed by atoms with Crippen LogP contribution in [0.4, 0.5) is 29.5 Å². The minimum absolute atomic E-state index is 0.119. The zero-order valence-electron chi connectivity index (χ0n) is 23.6. The van der Waals surface area contributed by atoms with E-state index in [2.05, 4.69) is 25.4 Å². The minimum atomic E-state index is -4.75. The number of esters is 1. The SMILES string of the molecule is COC(=O)c1cncc(-c2nn(C)cc2NC(=O)c2coc(-c3ccnc(N(CC(F)(F)F)C(=O)OC(C)(C)C)c3)n2)c1. The van der Waals surface area contributed by atoms with Gasteiger partial charge in [-0.1, -0.05) is 0 Å². The first-order chi connectivity index (χ1) is 20.1. The molecular formula is C27H26F3N7O6. The van der Waals surface area contributed by atoms with Crippen LogP contribution in [0, 0.1) is 0 Å². The van der Waals surface area contributed by atoms with Crippen molar-refractivity contribution in [3.8, 4) is 22.7 Å². The molecule has 0 aliphatic rings.